The Balaban J connectivity index is 2.32. The van der Waals surface area contributed by atoms with E-state index in [-0.39, 0.29) is 5.02 Å². The van der Waals surface area contributed by atoms with Crippen LogP contribution in [0.15, 0.2) is 29.0 Å². The summed E-state index contributed by atoms with van der Waals surface area (Å²) in [7, 11) is 0. The van der Waals surface area contributed by atoms with Crippen molar-refractivity contribution >= 4 is 45.6 Å². The average molecular weight is 315 g/mol. The molecule has 3 aromatic rings. The highest BCUT2D eigenvalue weighted by molar-refractivity contribution is 7.08. The number of alkyl halides is 1. The Morgan fingerprint density at radius 1 is 1.37 bits per heavy atom. The van der Waals surface area contributed by atoms with Gasteiger partial charge < -0.3 is 0 Å². The van der Waals surface area contributed by atoms with E-state index in [9.17, 15) is 4.39 Å². The summed E-state index contributed by atoms with van der Waals surface area (Å²) in [5, 5.41) is 4.04. The topological polar surface area (TPSA) is 17.8 Å². The average Bonchev–Trinajstić information content (AvgIpc) is 2.98. The molecule has 1 aromatic carbocycles. The van der Waals surface area contributed by atoms with Gasteiger partial charge in [-0.15, -0.1) is 11.6 Å². The van der Waals surface area contributed by atoms with E-state index in [0.29, 0.717) is 23.3 Å². The second kappa shape index (κ2) is 5.12. The molecular weight excluding hydrogens is 306 g/mol. The lowest BCUT2D eigenvalue weighted by Gasteiger charge is -2.05. The van der Waals surface area contributed by atoms with Crippen LogP contribution in [0.1, 0.15) is 5.82 Å². The molecule has 0 saturated heterocycles. The predicted molar refractivity (Wildman–Crippen MR) is 78.3 cm³/mol. The fourth-order valence-corrected chi connectivity index (χ4v) is 2.99. The summed E-state index contributed by atoms with van der Waals surface area (Å²) >= 11 is 13.2. The fraction of sp³-hybridized carbons (Fsp3) is 0.154. The second-order valence-corrected chi connectivity index (χ2v) is 5.60. The highest BCUT2D eigenvalue weighted by Gasteiger charge is 2.14. The lowest BCUT2D eigenvalue weighted by atomic mass is 10.3. The second-order valence-electron chi connectivity index (χ2n) is 4.04. The number of imidazole rings is 1. The highest BCUT2D eigenvalue weighted by atomic mass is 35.5. The number of nitrogens with zero attached hydrogens (tertiary/aromatic N) is 2. The van der Waals surface area contributed by atoms with Crippen LogP contribution in [0.3, 0.4) is 0 Å². The largest absolute Gasteiger partial charge is 0.295 e. The molecule has 0 N–H and O–H groups in total. The number of rotatable bonds is 3. The molecule has 0 fully saturated rings. The van der Waals surface area contributed by atoms with E-state index in [1.165, 1.54) is 6.07 Å². The molecule has 0 bridgehead atoms. The summed E-state index contributed by atoms with van der Waals surface area (Å²) in [6, 6.07) is 4.93. The van der Waals surface area contributed by atoms with Crippen molar-refractivity contribution in [3.63, 3.8) is 0 Å². The Hall–Kier alpha value is -1.10. The van der Waals surface area contributed by atoms with E-state index in [0.717, 1.165) is 11.5 Å². The van der Waals surface area contributed by atoms with Crippen molar-refractivity contribution in [1.82, 2.24) is 9.55 Å². The van der Waals surface area contributed by atoms with Crippen LogP contribution in [0.5, 0.6) is 0 Å². The maximum absolute atomic E-state index is 13.7. The third-order valence-electron chi connectivity index (χ3n) is 2.85. The minimum Gasteiger partial charge on any atom is -0.295 e. The molecular formula is C13H9Cl2FN2S. The third-order valence-corrected chi connectivity index (χ3v) is 4.00. The highest BCUT2D eigenvalue weighted by Crippen LogP contribution is 2.27. The van der Waals surface area contributed by atoms with Gasteiger partial charge in [0.1, 0.15) is 11.6 Å². The van der Waals surface area contributed by atoms with Crippen molar-refractivity contribution < 1.29 is 4.39 Å². The summed E-state index contributed by atoms with van der Waals surface area (Å²) in [5.74, 6) is 0.831. The van der Waals surface area contributed by atoms with Gasteiger partial charge in [0.15, 0.2) is 0 Å². The van der Waals surface area contributed by atoms with Gasteiger partial charge in [0.2, 0.25) is 0 Å². The van der Waals surface area contributed by atoms with Crippen LogP contribution in [0.2, 0.25) is 5.02 Å². The normalized spacial score (nSPS) is 11.3. The van der Waals surface area contributed by atoms with Crippen LogP contribution >= 0.6 is 34.5 Å². The van der Waals surface area contributed by atoms with E-state index in [1.54, 1.807) is 17.4 Å². The van der Waals surface area contributed by atoms with Crippen molar-refractivity contribution in [3.05, 3.63) is 45.6 Å². The first-order chi connectivity index (χ1) is 9.20. The standard InChI is InChI=1S/C13H9Cl2FN2S/c14-3-1-13-17-11-5-9(15)10(16)6-12(11)18(13)8-2-4-19-7-8/h2,4-7H,1,3H2. The van der Waals surface area contributed by atoms with Gasteiger partial charge in [0.25, 0.3) is 0 Å². The molecule has 3 rings (SSSR count). The molecule has 2 aromatic heterocycles. The molecule has 0 saturated carbocycles. The van der Waals surface area contributed by atoms with Crippen LogP contribution in [-0.4, -0.2) is 15.4 Å². The summed E-state index contributed by atoms with van der Waals surface area (Å²) in [4.78, 5) is 4.49. The molecule has 0 amide bonds. The quantitative estimate of drug-likeness (QED) is 0.643. The molecule has 0 aliphatic carbocycles. The monoisotopic (exact) mass is 314 g/mol. The number of aryl methyl sites for hydroxylation is 1. The first kappa shape index (κ1) is 12.9. The maximum Gasteiger partial charge on any atom is 0.144 e. The summed E-state index contributed by atoms with van der Waals surface area (Å²) in [6.45, 7) is 0. The smallest absolute Gasteiger partial charge is 0.144 e. The number of thiophene rings is 1. The summed E-state index contributed by atoms with van der Waals surface area (Å²) < 4.78 is 15.6. The molecule has 0 unspecified atom stereocenters. The maximum atomic E-state index is 13.7. The van der Waals surface area contributed by atoms with Crippen molar-refractivity contribution in [1.29, 1.82) is 0 Å². The summed E-state index contributed by atoms with van der Waals surface area (Å²) in [6.07, 6.45) is 0.616. The van der Waals surface area contributed by atoms with Gasteiger partial charge in [-0.2, -0.15) is 11.3 Å². The fourth-order valence-electron chi connectivity index (χ4n) is 2.05. The molecule has 2 nitrogen and oxygen atoms in total. The van der Waals surface area contributed by atoms with Gasteiger partial charge in [0, 0.05) is 23.7 Å². The zero-order valence-corrected chi connectivity index (χ0v) is 12.1. The van der Waals surface area contributed by atoms with Crippen LogP contribution in [0.4, 0.5) is 4.39 Å². The van der Waals surface area contributed by atoms with E-state index < -0.39 is 5.82 Å². The molecule has 0 atom stereocenters. The minimum absolute atomic E-state index is 0.0832. The number of benzene rings is 1. The molecule has 2 heterocycles. The molecule has 6 heteroatoms. The first-order valence-corrected chi connectivity index (χ1v) is 7.51. The zero-order valence-electron chi connectivity index (χ0n) is 9.74. The zero-order chi connectivity index (χ0) is 13.4. The Kier molecular flexibility index (Phi) is 3.48. The van der Waals surface area contributed by atoms with Crippen molar-refractivity contribution in [2.45, 2.75) is 6.42 Å². The van der Waals surface area contributed by atoms with E-state index in [1.807, 2.05) is 21.4 Å². The Morgan fingerprint density at radius 3 is 2.89 bits per heavy atom. The molecule has 0 spiro atoms. The van der Waals surface area contributed by atoms with Gasteiger partial charge >= 0.3 is 0 Å². The lowest BCUT2D eigenvalue weighted by molar-refractivity contribution is 0.629. The molecule has 19 heavy (non-hydrogen) atoms. The predicted octanol–water partition coefficient (Wildman–Crippen LogP) is 4.66. The van der Waals surface area contributed by atoms with Crippen LogP contribution in [0.25, 0.3) is 16.7 Å². The third kappa shape index (κ3) is 2.24. The Labute approximate surface area is 123 Å². The van der Waals surface area contributed by atoms with Crippen molar-refractivity contribution in [3.8, 4) is 5.69 Å². The Bertz CT molecular complexity index is 722. The molecule has 0 aliphatic heterocycles. The van der Waals surface area contributed by atoms with Gasteiger partial charge in [-0.3, -0.25) is 4.57 Å². The Morgan fingerprint density at radius 2 is 2.21 bits per heavy atom. The number of fused-ring (bicyclic) bond motifs is 1. The van der Waals surface area contributed by atoms with Crippen LogP contribution < -0.4 is 0 Å². The number of hydrogen-bond donors (Lipinski definition) is 0. The lowest BCUT2D eigenvalue weighted by Crippen LogP contribution is -2.01. The molecule has 98 valence electrons. The van der Waals surface area contributed by atoms with Crippen LogP contribution in [0, 0.1) is 5.82 Å². The SMILES string of the molecule is Fc1cc2c(cc1Cl)nc(CCCl)n2-c1ccsc1. The number of hydrogen-bond acceptors (Lipinski definition) is 2. The van der Waals surface area contributed by atoms with Crippen molar-refractivity contribution in [2.75, 3.05) is 5.88 Å². The molecule has 0 radical (unpaired) electrons. The number of halogens is 3. The number of aromatic nitrogens is 2. The van der Waals surface area contributed by atoms with E-state index >= 15 is 0 Å². The summed E-state index contributed by atoms with van der Waals surface area (Å²) in [5.41, 5.74) is 2.35. The molecule has 0 aliphatic rings. The minimum atomic E-state index is -0.442. The van der Waals surface area contributed by atoms with Gasteiger partial charge in [0.05, 0.1) is 21.7 Å². The van der Waals surface area contributed by atoms with E-state index in [2.05, 4.69) is 4.98 Å². The van der Waals surface area contributed by atoms with Crippen molar-refractivity contribution in [2.24, 2.45) is 0 Å². The van der Waals surface area contributed by atoms with Gasteiger partial charge in [-0.05, 0) is 17.5 Å². The van der Waals surface area contributed by atoms with Crippen LogP contribution in [-0.2, 0) is 6.42 Å². The van der Waals surface area contributed by atoms with E-state index in [4.69, 9.17) is 23.2 Å². The van der Waals surface area contributed by atoms with Gasteiger partial charge in [-0.1, -0.05) is 11.6 Å². The first-order valence-electron chi connectivity index (χ1n) is 5.65. The van der Waals surface area contributed by atoms with Gasteiger partial charge in [-0.25, -0.2) is 9.37 Å².